The summed E-state index contributed by atoms with van der Waals surface area (Å²) in [6.07, 6.45) is 3.69. The monoisotopic (exact) mass is 574 g/mol. The highest BCUT2D eigenvalue weighted by Gasteiger charge is 2.34. The van der Waals surface area contributed by atoms with E-state index in [0.29, 0.717) is 31.6 Å². The van der Waals surface area contributed by atoms with E-state index in [1.807, 2.05) is 0 Å². The third-order valence-electron chi connectivity index (χ3n) is 6.75. The molecule has 0 aromatic heterocycles. The van der Waals surface area contributed by atoms with E-state index in [9.17, 15) is 23.6 Å². The Balaban J connectivity index is 1.99. The van der Waals surface area contributed by atoms with Crippen LogP contribution in [0.15, 0.2) is 43.5 Å². The quantitative estimate of drug-likeness (QED) is 0.230. The molecule has 0 aliphatic carbocycles. The number of ether oxygens (including phenoxy) is 2. The van der Waals surface area contributed by atoms with Gasteiger partial charge in [0.1, 0.15) is 42.4 Å². The van der Waals surface area contributed by atoms with Crippen molar-refractivity contribution >= 4 is 23.7 Å². The first kappa shape index (κ1) is 33.5. The van der Waals surface area contributed by atoms with Crippen LogP contribution in [-0.2, 0) is 23.9 Å². The summed E-state index contributed by atoms with van der Waals surface area (Å²) < 4.78 is 25.4. The fourth-order valence-electron chi connectivity index (χ4n) is 4.30. The van der Waals surface area contributed by atoms with Crippen molar-refractivity contribution in [1.82, 2.24) is 21.1 Å². The van der Waals surface area contributed by atoms with Crippen molar-refractivity contribution in [2.75, 3.05) is 13.2 Å². The highest BCUT2D eigenvalue weighted by molar-refractivity contribution is 5.92. The maximum atomic E-state index is 14.4. The molecule has 2 rings (SSSR count). The van der Waals surface area contributed by atoms with Gasteiger partial charge < -0.3 is 20.1 Å². The number of nitrogens with zero attached hydrogens (tertiary/aromatic N) is 1. The van der Waals surface area contributed by atoms with Gasteiger partial charge in [-0.15, -0.1) is 6.58 Å². The molecule has 11 heteroatoms. The summed E-state index contributed by atoms with van der Waals surface area (Å²) >= 11 is 0. The van der Waals surface area contributed by atoms with Gasteiger partial charge in [0.15, 0.2) is 0 Å². The lowest BCUT2D eigenvalue weighted by molar-refractivity contribution is -0.157. The zero-order valence-corrected chi connectivity index (χ0v) is 24.6. The molecule has 1 aromatic rings. The van der Waals surface area contributed by atoms with Gasteiger partial charge in [0.2, 0.25) is 11.8 Å². The number of hydrazine groups is 1. The van der Waals surface area contributed by atoms with Gasteiger partial charge in [-0.2, -0.15) is 0 Å². The third kappa shape index (κ3) is 9.70. The van der Waals surface area contributed by atoms with Gasteiger partial charge >= 0.3 is 5.97 Å². The minimum absolute atomic E-state index is 0.158. The van der Waals surface area contributed by atoms with Gasteiger partial charge in [0, 0.05) is 18.0 Å². The summed E-state index contributed by atoms with van der Waals surface area (Å²) in [4.78, 5) is 51.5. The summed E-state index contributed by atoms with van der Waals surface area (Å²) in [5.41, 5.74) is 3.04. The molecular formula is C30H43FN4O6. The molecule has 1 saturated heterocycles. The molecule has 1 aromatic carbocycles. The molecule has 0 radical (unpaired) electrons. The van der Waals surface area contributed by atoms with Crippen molar-refractivity contribution < 1.29 is 33.0 Å². The van der Waals surface area contributed by atoms with E-state index in [2.05, 4.69) is 29.2 Å². The lowest BCUT2D eigenvalue weighted by Crippen LogP contribution is -2.61. The number of hydrogen-bond acceptors (Lipinski definition) is 7. The summed E-state index contributed by atoms with van der Waals surface area (Å²) in [5.74, 6) is -2.53. The molecule has 3 N–H and O–H groups in total. The number of allylic oxidation sites excluding steroid dienone is 1. The number of benzene rings is 1. The Morgan fingerprint density at radius 2 is 1.80 bits per heavy atom. The van der Waals surface area contributed by atoms with Gasteiger partial charge in [-0.3, -0.25) is 24.2 Å². The number of carbonyl (C=O) groups is 4. The van der Waals surface area contributed by atoms with E-state index in [4.69, 9.17) is 9.47 Å². The predicted octanol–water partition coefficient (Wildman–Crippen LogP) is 3.35. The molecule has 1 aliphatic rings. The average molecular weight is 575 g/mol. The predicted molar refractivity (Wildman–Crippen MR) is 153 cm³/mol. The Kier molecular flexibility index (Phi) is 13.0. The van der Waals surface area contributed by atoms with Crippen molar-refractivity contribution in [3.8, 4) is 5.75 Å². The number of carbonyl (C=O) groups excluding carboxylic acids is 4. The van der Waals surface area contributed by atoms with E-state index in [1.165, 1.54) is 30.1 Å². The highest BCUT2D eigenvalue weighted by Crippen LogP contribution is 2.26. The largest absolute Gasteiger partial charge is 0.490 e. The zero-order chi connectivity index (χ0) is 30.7. The molecule has 41 heavy (non-hydrogen) atoms. The van der Waals surface area contributed by atoms with Crippen molar-refractivity contribution in [2.24, 2.45) is 11.8 Å². The first-order valence-corrected chi connectivity index (χ1v) is 13.9. The standard InChI is InChI=1S/C30H43FN4O6/c1-8-11-19(5)27(36)33-26(18(3)4)28(37)32-20(6)29(38)35-15-10-12-25(34-35)30(39)41-21(7)23-17-22(40-16-9-2)13-14-24(23)31/h8-9,13-14,17-21,25-26,34H,1-2,10-12,15-16H2,3-7H3,(H,32,37)(H,33,36)/t19-,20+,21-,25+,26?/m1/s1. The molecule has 226 valence electrons. The molecular weight excluding hydrogens is 531 g/mol. The van der Waals surface area contributed by atoms with Crippen molar-refractivity contribution in [2.45, 2.75) is 78.1 Å². The Hall–Kier alpha value is -3.73. The molecule has 0 bridgehead atoms. The molecule has 1 heterocycles. The zero-order valence-electron chi connectivity index (χ0n) is 24.6. The van der Waals surface area contributed by atoms with Gasteiger partial charge in [-0.1, -0.05) is 39.5 Å². The molecule has 1 fully saturated rings. The first-order valence-electron chi connectivity index (χ1n) is 13.9. The van der Waals surface area contributed by atoms with E-state index in [-0.39, 0.29) is 29.9 Å². The molecule has 3 amide bonds. The fourth-order valence-corrected chi connectivity index (χ4v) is 4.30. The van der Waals surface area contributed by atoms with Crippen LogP contribution in [0.25, 0.3) is 0 Å². The van der Waals surface area contributed by atoms with Crippen LogP contribution in [-0.4, -0.2) is 60.0 Å². The Morgan fingerprint density at radius 1 is 1.10 bits per heavy atom. The first-order chi connectivity index (χ1) is 19.4. The van der Waals surface area contributed by atoms with Crippen LogP contribution in [0.5, 0.6) is 5.75 Å². The van der Waals surface area contributed by atoms with Crippen LogP contribution in [0.4, 0.5) is 4.39 Å². The van der Waals surface area contributed by atoms with E-state index in [1.54, 1.807) is 39.8 Å². The normalized spacial score (nSPS) is 17.9. The van der Waals surface area contributed by atoms with Gasteiger partial charge in [-0.25, -0.2) is 9.82 Å². The van der Waals surface area contributed by atoms with Crippen LogP contribution >= 0.6 is 0 Å². The van der Waals surface area contributed by atoms with E-state index in [0.717, 1.165) is 0 Å². The van der Waals surface area contributed by atoms with Crippen LogP contribution in [0.2, 0.25) is 0 Å². The molecule has 5 atom stereocenters. The Bertz CT molecular complexity index is 1110. The molecule has 1 unspecified atom stereocenters. The van der Waals surface area contributed by atoms with Crippen LogP contribution < -0.4 is 20.8 Å². The molecule has 1 aliphatic heterocycles. The summed E-state index contributed by atoms with van der Waals surface area (Å²) in [6.45, 7) is 16.2. The number of rotatable bonds is 14. The summed E-state index contributed by atoms with van der Waals surface area (Å²) in [5, 5.41) is 6.72. The number of esters is 1. The minimum Gasteiger partial charge on any atom is -0.490 e. The topological polar surface area (TPSA) is 126 Å². The van der Waals surface area contributed by atoms with Crippen LogP contribution in [0.1, 0.15) is 65.5 Å². The second-order valence-corrected chi connectivity index (χ2v) is 10.6. The maximum Gasteiger partial charge on any atom is 0.325 e. The second kappa shape index (κ2) is 15.9. The fraction of sp³-hybridized carbons (Fsp3) is 0.533. The van der Waals surface area contributed by atoms with Gasteiger partial charge in [0.25, 0.3) is 5.91 Å². The minimum atomic E-state index is -0.931. The SMILES string of the molecule is C=CCOc1ccc(F)c([C@@H](C)OC(=O)[C@@H]2CCCN(C(=O)[C@H](C)NC(=O)C(NC(=O)[C@H](C)CC=C)C(C)C)N2)c1. The lowest BCUT2D eigenvalue weighted by atomic mass is 10.0. The maximum absolute atomic E-state index is 14.4. The Labute approximate surface area is 241 Å². The number of hydrogen-bond donors (Lipinski definition) is 3. The van der Waals surface area contributed by atoms with Crippen molar-refractivity contribution in [3.63, 3.8) is 0 Å². The second-order valence-electron chi connectivity index (χ2n) is 10.6. The lowest BCUT2D eigenvalue weighted by Gasteiger charge is -2.35. The van der Waals surface area contributed by atoms with Gasteiger partial charge in [-0.05, 0) is 57.2 Å². The van der Waals surface area contributed by atoms with E-state index < -0.39 is 47.8 Å². The summed E-state index contributed by atoms with van der Waals surface area (Å²) in [7, 11) is 0. The average Bonchev–Trinajstić information content (AvgIpc) is 2.94. The van der Waals surface area contributed by atoms with Crippen molar-refractivity contribution in [3.05, 3.63) is 54.9 Å². The van der Waals surface area contributed by atoms with E-state index >= 15 is 0 Å². The number of halogens is 1. The molecule has 10 nitrogen and oxygen atoms in total. The van der Waals surface area contributed by atoms with Gasteiger partial charge in [0.05, 0.1) is 0 Å². The number of amides is 3. The number of nitrogens with one attached hydrogen (secondary N) is 3. The van der Waals surface area contributed by atoms with Crippen molar-refractivity contribution in [1.29, 1.82) is 0 Å². The van der Waals surface area contributed by atoms with Crippen LogP contribution in [0.3, 0.4) is 0 Å². The highest BCUT2D eigenvalue weighted by atomic mass is 19.1. The Morgan fingerprint density at radius 3 is 2.44 bits per heavy atom. The third-order valence-corrected chi connectivity index (χ3v) is 6.75. The molecule has 0 saturated carbocycles. The summed E-state index contributed by atoms with van der Waals surface area (Å²) in [6, 6.07) is 1.59. The smallest absolute Gasteiger partial charge is 0.325 e. The molecule has 0 spiro atoms. The van der Waals surface area contributed by atoms with Crippen LogP contribution in [0, 0.1) is 17.7 Å².